The molecule has 4 nitrogen and oxygen atoms in total. The van der Waals surface area contributed by atoms with E-state index in [0.717, 1.165) is 4.88 Å². The zero-order chi connectivity index (χ0) is 8.39. The number of rotatable bonds is 1. The molecule has 0 aromatic carbocycles. The van der Waals surface area contributed by atoms with Gasteiger partial charge >= 0.3 is 0 Å². The van der Waals surface area contributed by atoms with E-state index >= 15 is 0 Å². The second kappa shape index (κ2) is 2.86. The summed E-state index contributed by atoms with van der Waals surface area (Å²) >= 11 is 1.50. The van der Waals surface area contributed by atoms with Crippen LogP contribution >= 0.6 is 11.3 Å². The largest absolute Gasteiger partial charge is 0.396 e. The Morgan fingerprint density at radius 3 is 2.50 bits per heavy atom. The van der Waals surface area contributed by atoms with Crippen molar-refractivity contribution in [1.29, 1.82) is 0 Å². The van der Waals surface area contributed by atoms with Gasteiger partial charge in [-0.05, 0) is 0 Å². The lowest BCUT2D eigenvalue weighted by Gasteiger charge is -1.93. The number of nitrogen functional groups attached to an aromatic ring is 1. The molecule has 0 unspecified atom stereocenters. The SMILES string of the molecule is Nc1cnc(-c2cncs2)nc1. The van der Waals surface area contributed by atoms with Gasteiger partial charge < -0.3 is 5.73 Å². The minimum absolute atomic E-state index is 0.572. The lowest BCUT2D eigenvalue weighted by molar-refractivity contribution is 1.19. The molecule has 0 aliphatic heterocycles. The number of hydrogen-bond acceptors (Lipinski definition) is 5. The van der Waals surface area contributed by atoms with Crippen molar-refractivity contribution in [3.8, 4) is 10.7 Å². The van der Waals surface area contributed by atoms with Crippen molar-refractivity contribution in [3.63, 3.8) is 0 Å². The van der Waals surface area contributed by atoms with Crippen LogP contribution in [-0.2, 0) is 0 Å². The second-order valence-corrected chi connectivity index (χ2v) is 3.09. The molecular formula is C7H6N4S. The molecule has 0 fully saturated rings. The molecular weight excluding hydrogens is 172 g/mol. The number of anilines is 1. The number of nitrogens with two attached hydrogens (primary N) is 1. The van der Waals surface area contributed by atoms with Gasteiger partial charge in [-0.1, -0.05) is 0 Å². The summed E-state index contributed by atoms with van der Waals surface area (Å²) in [6, 6.07) is 0. The summed E-state index contributed by atoms with van der Waals surface area (Å²) in [5.41, 5.74) is 7.76. The van der Waals surface area contributed by atoms with Gasteiger partial charge in [-0.2, -0.15) is 0 Å². The molecule has 0 radical (unpaired) electrons. The van der Waals surface area contributed by atoms with Crippen LogP contribution in [0.25, 0.3) is 10.7 Å². The monoisotopic (exact) mass is 178 g/mol. The van der Waals surface area contributed by atoms with E-state index < -0.39 is 0 Å². The van der Waals surface area contributed by atoms with Crippen molar-refractivity contribution in [1.82, 2.24) is 15.0 Å². The highest BCUT2D eigenvalue weighted by Crippen LogP contribution is 2.18. The molecule has 2 aromatic heterocycles. The second-order valence-electron chi connectivity index (χ2n) is 2.21. The van der Waals surface area contributed by atoms with Crippen LogP contribution in [0.3, 0.4) is 0 Å². The predicted octanol–water partition coefficient (Wildman–Crippen LogP) is 1.18. The van der Waals surface area contributed by atoms with Gasteiger partial charge in [0.15, 0.2) is 5.82 Å². The Kier molecular flexibility index (Phi) is 1.71. The fraction of sp³-hybridized carbons (Fsp3) is 0. The fourth-order valence-corrected chi connectivity index (χ4v) is 1.36. The van der Waals surface area contributed by atoms with Gasteiger partial charge in [0.2, 0.25) is 0 Å². The molecule has 0 saturated heterocycles. The molecule has 2 N–H and O–H groups in total. The van der Waals surface area contributed by atoms with Gasteiger partial charge in [-0.15, -0.1) is 11.3 Å². The zero-order valence-corrected chi connectivity index (χ0v) is 6.95. The van der Waals surface area contributed by atoms with E-state index in [4.69, 9.17) is 5.73 Å². The van der Waals surface area contributed by atoms with Crippen molar-refractivity contribution in [3.05, 3.63) is 24.1 Å². The molecule has 2 aromatic rings. The van der Waals surface area contributed by atoms with Crippen LogP contribution in [0, 0.1) is 0 Å². The molecule has 60 valence electrons. The highest BCUT2D eigenvalue weighted by molar-refractivity contribution is 7.13. The third kappa shape index (κ3) is 1.26. The van der Waals surface area contributed by atoms with E-state index in [2.05, 4.69) is 15.0 Å². The zero-order valence-electron chi connectivity index (χ0n) is 6.14. The summed E-state index contributed by atoms with van der Waals surface area (Å²) < 4.78 is 0. The third-order valence-electron chi connectivity index (χ3n) is 1.32. The molecule has 2 heterocycles. The van der Waals surface area contributed by atoms with Crippen molar-refractivity contribution in [2.75, 3.05) is 5.73 Å². The summed E-state index contributed by atoms with van der Waals surface area (Å²) in [5, 5.41) is 0. The maximum atomic E-state index is 5.44. The van der Waals surface area contributed by atoms with Crippen LogP contribution in [0.4, 0.5) is 5.69 Å². The Morgan fingerprint density at radius 1 is 1.17 bits per heavy atom. The van der Waals surface area contributed by atoms with Crippen molar-refractivity contribution < 1.29 is 0 Å². The lowest BCUT2D eigenvalue weighted by atomic mass is 10.5. The van der Waals surface area contributed by atoms with Crippen molar-refractivity contribution in [2.24, 2.45) is 0 Å². The molecule has 0 amide bonds. The molecule has 0 aliphatic carbocycles. The van der Waals surface area contributed by atoms with E-state index in [-0.39, 0.29) is 0 Å². The summed E-state index contributed by atoms with van der Waals surface area (Å²) in [4.78, 5) is 13.0. The Labute approximate surface area is 73.1 Å². The maximum Gasteiger partial charge on any atom is 0.171 e. The Hall–Kier alpha value is -1.49. The molecule has 0 bridgehead atoms. The normalized spacial score (nSPS) is 10.0. The number of aromatic nitrogens is 3. The predicted molar refractivity (Wildman–Crippen MR) is 47.6 cm³/mol. The Bertz CT molecular complexity index is 353. The summed E-state index contributed by atoms with van der Waals surface area (Å²) in [7, 11) is 0. The van der Waals surface area contributed by atoms with E-state index in [1.807, 2.05) is 0 Å². The van der Waals surface area contributed by atoms with Gasteiger partial charge in [-0.25, -0.2) is 9.97 Å². The molecule has 0 spiro atoms. The van der Waals surface area contributed by atoms with Crippen LogP contribution in [0.5, 0.6) is 0 Å². The van der Waals surface area contributed by atoms with Crippen molar-refractivity contribution >= 4 is 17.0 Å². The molecule has 12 heavy (non-hydrogen) atoms. The maximum absolute atomic E-state index is 5.44. The van der Waals surface area contributed by atoms with Crippen LogP contribution in [0.1, 0.15) is 0 Å². The number of nitrogens with zero attached hydrogens (tertiary/aromatic N) is 3. The lowest BCUT2D eigenvalue weighted by Crippen LogP contribution is -1.90. The van der Waals surface area contributed by atoms with Crippen LogP contribution in [0.2, 0.25) is 0 Å². The molecule has 5 heteroatoms. The van der Waals surface area contributed by atoms with Gasteiger partial charge in [0.1, 0.15) is 0 Å². The van der Waals surface area contributed by atoms with Gasteiger partial charge in [0.05, 0.1) is 28.5 Å². The summed E-state index contributed by atoms with van der Waals surface area (Å²) in [5.74, 6) is 0.673. The number of hydrogen-bond donors (Lipinski definition) is 1. The van der Waals surface area contributed by atoms with Crippen LogP contribution in [0.15, 0.2) is 24.1 Å². The third-order valence-corrected chi connectivity index (χ3v) is 2.09. The summed E-state index contributed by atoms with van der Waals surface area (Å²) in [6.45, 7) is 0. The fourth-order valence-electron chi connectivity index (χ4n) is 0.791. The molecule has 0 saturated carbocycles. The average molecular weight is 178 g/mol. The minimum atomic E-state index is 0.572. The van der Waals surface area contributed by atoms with Gasteiger partial charge in [0, 0.05) is 6.20 Å². The first kappa shape index (κ1) is 7.17. The smallest absolute Gasteiger partial charge is 0.171 e. The quantitative estimate of drug-likeness (QED) is 0.712. The van der Waals surface area contributed by atoms with E-state index in [1.54, 1.807) is 24.1 Å². The Balaban J connectivity index is 2.43. The van der Waals surface area contributed by atoms with Crippen molar-refractivity contribution in [2.45, 2.75) is 0 Å². The highest BCUT2D eigenvalue weighted by atomic mass is 32.1. The molecule has 2 rings (SSSR count). The van der Waals surface area contributed by atoms with E-state index in [1.165, 1.54) is 11.3 Å². The first-order valence-corrected chi connectivity index (χ1v) is 4.20. The first-order valence-electron chi connectivity index (χ1n) is 3.32. The number of thiazole rings is 1. The van der Waals surface area contributed by atoms with Gasteiger partial charge in [-0.3, -0.25) is 4.98 Å². The van der Waals surface area contributed by atoms with Crippen LogP contribution < -0.4 is 5.73 Å². The Morgan fingerprint density at radius 2 is 1.92 bits per heavy atom. The summed E-state index contributed by atoms with van der Waals surface area (Å²) in [6.07, 6.45) is 4.90. The topological polar surface area (TPSA) is 64.7 Å². The van der Waals surface area contributed by atoms with E-state index in [0.29, 0.717) is 11.5 Å². The van der Waals surface area contributed by atoms with Crippen LogP contribution in [-0.4, -0.2) is 15.0 Å². The molecule has 0 atom stereocenters. The van der Waals surface area contributed by atoms with E-state index in [9.17, 15) is 0 Å². The highest BCUT2D eigenvalue weighted by Gasteiger charge is 2.00. The average Bonchev–Trinajstić information content (AvgIpc) is 2.58. The van der Waals surface area contributed by atoms with Gasteiger partial charge in [0.25, 0.3) is 0 Å². The minimum Gasteiger partial charge on any atom is -0.396 e. The molecule has 0 aliphatic rings. The first-order chi connectivity index (χ1) is 5.86. The standard InChI is InChI=1S/C7H6N4S/c8-5-1-10-7(11-2-5)6-3-9-4-12-6/h1-4H,8H2.